The molecule has 0 bridgehead atoms. The number of hydrogen-bond acceptors (Lipinski definition) is 4. The largest absolute Gasteiger partial charge is 0.484 e. The second kappa shape index (κ2) is 8.10. The van der Waals surface area contributed by atoms with Crippen LogP contribution >= 0.6 is 0 Å². The zero-order chi connectivity index (χ0) is 19.4. The van der Waals surface area contributed by atoms with E-state index < -0.39 is 10.0 Å². The Balaban J connectivity index is 1.55. The van der Waals surface area contributed by atoms with Crippen LogP contribution in [-0.2, 0) is 14.8 Å². The molecule has 0 unspecified atom stereocenters. The molecule has 7 heteroatoms. The third-order valence-electron chi connectivity index (χ3n) is 4.53. The Kier molecular flexibility index (Phi) is 5.82. The van der Waals surface area contributed by atoms with Crippen LogP contribution in [0.15, 0.2) is 53.4 Å². The van der Waals surface area contributed by atoms with Gasteiger partial charge in [0.15, 0.2) is 6.61 Å². The summed E-state index contributed by atoms with van der Waals surface area (Å²) < 4.78 is 32.3. The zero-order valence-corrected chi connectivity index (χ0v) is 16.4. The van der Waals surface area contributed by atoms with Gasteiger partial charge in [-0.3, -0.25) is 4.79 Å². The molecule has 1 aliphatic rings. The van der Waals surface area contributed by atoms with Gasteiger partial charge >= 0.3 is 0 Å². The number of amides is 1. The quantitative estimate of drug-likeness (QED) is 0.788. The van der Waals surface area contributed by atoms with E-state index in [-0.39, 0.29) is 30.5 Å². The SMILES string of the molecule is Cc1cc(C)cc(OCC(=O)N2CCN(S(=O)(=O)c3ccccc3)CC2)c1. The van der Waals surface area contributed by atoms with Gasteiger partial charge in [0.05, 0.1) is 4.90 Å². The van der Waals surface area contributed by atoms with Crippen LogP contribution < -0.4 is 4.74 Å². The third kappa shape index (κ3) is 4.67. The average molecular weight is 388 g/mol. The predicted molar refractivity (Wildman–Crippen MR) is 103 cm³/mol. The van der Waals surface area contributed by atoms with Gasteiger partial charge in [0.2, 0.25) is 10.0 Å². The van der Waals surface area contributed by atoms with Crippen LogP contribution in [0.3, 0.4) is 0 Å². The van der Waals surface area contributed by atoms with Crippen molar-refractivity contribution in [3.8, 4) is 5.75 Å². The van der Waals surface area contributed by atoms with Gasteiger partial charge in [-0.05, 0) is 49.2 Å². The Hall–Kier alpha value is -2.38. The molecule has 0 N–H and O–H groups in total. The van der Waals surface area contributed by atoms with Crippen LogP contribution in [0, 0.1) is 13.8 Å². The van der Waals surface area contributed by atoms with Crippen molar-refractivity contribution in [3.63, 3.8) is 0 Å². The number of rotatable bonds is 5. The molecular formula is C20H24N2O4S. The van der Waals surface area contributed by atoms with E-state index in [1.54, 1.807) is 35.2 Å². The smallest absolute Gasteiger partial charge is 0.260 e. The van der Waals surface area contributed by atoms with Gasteiger partial charge in [-0.1, -0.05) is 24.3 Å². The van der Waals surface area contributed by atoms with Crippen molar-refractivity contribution in [1.82, 2.24) is 9.21 Å². The van der Waals surface area contributed by atoms with E-state index in [0.717, 1.165) is 11.1 Å². The molecule has 3 rings (SSSR count). The van der Waals surface area contributed by atoms with Crippen LogP contribution in [0.25, 0.3) is 0 Å². The van der Waals surface area contributed by atoms with Gasteiger partial charge in [-0.2, -0.15) is 4.31 Å². The van der Waals surface area contributed by atoms with Crippen molar-refractivity contribution < 1.29 is 17.9 Å². The Morgan fingerprint density at radius 1 is 0.963 bits per heavy atom. The summed E-state index contributed by atoms with van der Waals surface area (Å²) in [5.41, 5.74) is 2.16. The molecule has 1 saturated heterocycles. The number of nitrogens with zero attached hydrogens (tertiary/aromatic N) is 2. The monoisotopic (exact) mass is 388 g/mol. The van der Waals surface area contributed by atoms with E-state index in [1.807, 2.05) is 32.0 Å². The Labute approximate surface area is 160 Å². The fraction of sp³-hybridized carbons (Fsp3) is 0.350. The van der Waals surface area contributed by atoms with Crippen LogP contribution in [0.2, 0.25) is 0 Å². The summed E-state index contributed by atoms with van der Waals surface area (Å²) in [5.74, 6) is 0.539. The van der Waals surface area contributed by atoms with E-state index in [9.17, 15) is 13.2 Å². The molecule has 2 aromatic rings. The fourth-order valence-electron chi connectivity index (χ4n) is 3.17. The lowest BCUT2D eigenvalue weighted by Crippen LogP contribution is -2.51. The summed E-state index contributed by atoms with van der Waals surface area (Å²) in [6.07, 6.45) is 0. The molecular weight excluding hydrogens is 364 g/mol. The molecule has 0 saturated carbocycles. The number of benzene rings is 2. The lowest BCUT2D eigenvalue weighted by atomic mass is 10.1. The molecule has 1 aliphatic heterocycles. The molecule has 1 heterocycles. The third-order valence-corrected chi connectivity index (χ3v) is 6.44. The highest BCUT2D eigenvalue weighted by atomic mass is 32.2. The highest BCUT2D eigenvalue weighted by Crippen LogP contribution is 2.18. The van der Waals surface area contributed by atoms with Gasteiger partial charge < -0.3 is 9.64 Å². The second-order valence-corrected chi connectivity index (χ2v) is 8.65. The average Bonchev–Trinajstić information content (AvgIpc) is 2.66. The molecule has 1 fully saturated rings. The number of ether oxygens (including phenoxy) is 1. The number of hydrogen-bond donors (Lipinski definition) is 0. The summed E-state index contributed by atoms with van der Waals surface area (Å²) in [5, 5.41) is 0. The summed E-state index contributed by atoms with van der Waals surface area (Å²) in [4.78, 5) is 14.3. The number of aryl methyl sites for hydroxylation is 2. The van der Waals surface area contributed by atoms with Crippen molar-refractivity contribution in [2.24, 2.45) is 0 Å². The van der Waals surface area contributed by atoms with Crippen molar-refractivity contribution in [2.75, 3.05) is 32.8 Å². The van der Waals surface area contributed by atoms with Crippen LogP contribution in [-0.4, -0.2) is 56.3 Å². The van der Waals surface area contributed by atoms with Crippen molar-refractivity contribution in [3.05, 3.63) is 59.7 Å². The summed E-state index contributed by atoms with van der Waals surface area (Å²) in [7, 11) is -3.51. The van der Waals surface area contributed by atoms with Crippen LogP contribution in [0.5, 0.6) is 5.75 Å². The summed E-state index contributed by atoms with van der Waals surface area (Å²) >= 11 is 0. The molecule has 27 heavy (non-hydrogen) atoms. The van der Waals surface area contributed by atoms with Crippen LogP contribution in [0.4, 0.5) is 0 Å². The van der Waals surface area contributed by atoms with Gasteiger partial charge in [0.1, 0.15) is 5.75 Å². The molecule has 0 aromatic heterocycles. The van der Waals surface area contributed by atoms with Gasteiger partial charge in [0.25, 0.3) is 5.91 Å². The van der Waals surface area contributed by atoms with Gasteiger partial charge in [-0.25, -0.2) is 8.42 Å². The van der Waals surface area contributed by atoms with Crippen molar-refractivity contribution >= 4 is 15.9 Å². The minimum Gasteiger partial charge on any atom is -0.484 e. The summed E-state index contributed by atoms with van der Waals surface area (Å²) in [6, 6.07) is 14.2. The molecule has 2 aromatic carbocycles. The first kappa shape index (κ1) is 19.4. The maximum absolute atomic E-state index is 12.6. The standard InChI is InChI=1S/C20H24N2O4S/c1-16-12-17(2)14-18(13-16)26-15-20(23)21-8-10-22(11-9-21)27(24,25)19-6-4-3-5-7-19/h3-7,12-14H,8-11,15H2,1-2H3. The first-order valence-electron chi connectivity index (χ1n) is 8.90. The number of carbonyl (C=O) groups is 1. The van der Waals surface area contributed by atoms with Crippen LogP contribution in [0.1, 0.15) is 11.1 Å². The molecule has 0 aliphatic carbocycles. The maximum atomic E-state index is 12.6. The van der Waals surface area contributed by atoms with E-state index in [0.29, 0.717) is 18.8 Å². The number of sulfonamides is 1. The number of piperazine rings is 1. The molecule has 0 atom stereocenters. The lowest BCUT2D eigenvalue weighted by molar-refractivity contribution is -0.134. The van der Waals surface area contributed by atoms with Gasteiger partial charge in [0, 0.05) is 26.2 Å². The topological polar surface area (TPSA) is 66.9 Å². The van der Waals surface area contributed by atoms with E-state index in [2.05, 4.69) is 0 Å². The molecule has 144 valence electrons. The minimum atomic E-state index is -3.51. The van der Waals surface area contributed by atoms with Gasteiger partial charge in [-0.15, -0.1) is 0 Å². The Bertz CT molecular complexity index is 885. The predicted octanol–water partition coefficient (Wildman–Crippen LogP) is 2.22. The highest BCUT2D eigenvalue weighted by molar-refractivity contribution is 7.89. The van der Waals surface area contributed by atoms with Crippen molar-refractivity contribution in [2.45, 2.75) is 18.7 Å². The van der Waals surface area contributed by atoms with E-state index in [1.165, 1.54) is 4.31 Å². The Morgan fingerprint density at radius 3 is 2.15 bits per heavy atom. The van der Waals surface area contributed by atoms with Crippen molar-refractivity contribution in [1.29, 1.82) is 0 Å². The maximum Gasteiger partial charge on any atom is 0.260 e. The normalized spacial score (nSPS) is 15.6. The summed E-state index contributed by atoms with van der Waals surface area (Å²) in [6.45, 7) is 5.21. The molecule has 0 radical (unpaired) electrons. The highest BCUT2D eigenvalue weighted by Gasteiger charge is 2.30. The first-order chi connectivity index (χ1) is 12.9. The fourth-order valence-corrected chi connectivity index (χ4v) is 4.62. The molecule has 6 nitrogen and oxygen atoms in total. The second-order valence-electron chi connectivity index (χ2n) is 6.71. The zero-order valence-electron chi connectivity index (χ0n) is 15.6. The molecule has 1 amide bonds. The first-order valence-corrected chi connectivity index (χ1v) is 10.3. The minimum absolute atomic E-state index is 0.0473. The number of carbonyl (C=O) groups excluding carboxylic acids is 1. The lowest BCUT2D eigenvalue weighted by Gasteiger charge is -2.34. The van der Waals surface area contributed by atoms with E-state index in [4.69, 9.17) is 4.74 Å². The Morgan fingerprint density at radius 2 is 1.56 bits per heavy atom. The molecule has 0 spiro atoms. The van der Waals surface area contributed by atoms with E-state index >= 15 is 0 Å².